The Hall–Kier alpha value is -2.80. The highest BCUT2D eigenvalue weighted by Crippen LogP contribution is 2.30. The molecule has 1 saturated heterocycles. The van der Waals surface area contributed by atoms with Crippen LogP contribution in [0.1, 0.15) is 36.2 Å². The third kappa shape index (κ3) is 4.89. The van der Waals surface area contributed by atoms with Gasteiger partial charge in [-0.3, -0.25) is 14.4 Å². The third-order valence-corrected chi connectivity index (χ3v) is 4.55. The summed E-state index contributed by atoms with van der Waals surface area (Å²) in [7, 11) is 0. The molecule has 2 heterocycles. The average molecular weight is 390 g/mol. The molecule has 1 aromatic heterocycles. The lowest BCUT2D eigenvalue weighted by molar-refractivity contribution is -0.117. The van der Waals surface area contributed by atoms with Gasteiger partial charge in [-0.25, -0.2) is 0 Å². The molecule has 0 atom stereocenters. The Bertz CT molecular complexity index is 835. The predicted octanol–water partition coefficient (Wildman–Crippen LogP) is 3.21. The maximum Gasteiger partial charge on any atom is 0.286 e. The summed E-state index contributed by atoms with van der Waals surface area (Å²) in [6.07, 6.45) is 3.48. The van der Waals surface area contributed by atoms with Crippen molar-refractivity contribution in [3.63, 3.8) is 0 Å². The summed E-state index contributed by atoms with van der Waals surface area (Å²) in [5.41, 5.74) is 1.20. The van der Waals surface area contributed by atoms with Gasteiger partial charge in [0.25, 0.3) is 5.91 Å². The SMILES string of the molecule is O=C(CCCNC(=O)c1ccco1)Nc1cc(N2CCCC2=O)ccc1Cl. The monoisotopic (exact) mass is 389 g/mol. The van der Waals surface area contributed by atoms with Gasteiger partial charge in [-0.2, -0.15) is 0 Å². The summed E-state index contributed by atoms with van der Waals surface area (Å²) < 4.78 is 4.99. The maximum absolute atomic E-state index is 12.2. The largest absolute Gasteiger partial charge is 0.459 e. The van der Waals surface area contributed by atoms with Crippen molar-refractivity contribution >= 4 is 40.7 Å². The molecular formula is C19H20ClN3O4. The first-order chi connectivity index (χ1) is 13.0. The molecule has 2 aromatic rings. The summed E-state index contributed by atoms with van der Waals surface area (Å²) in [5.74, 6) is -0.220. The van der Waals surface area contributed by atoms with E-state index in [1.54, 1.807) is 35.2 Å². The molecule has 7 nitrogen and oxygen atoms in total. The number of halogens is 1. The molecule has 8 heteroatoms. The Labute approximate surface area is 161 Å². The minimum Gasteiger partial charge on any atom is -0.459 e. The molecule has 2 N–H and O–H groups in total. The van der Waals surface area contributed by atoms with Crippen LogP contribution in [-0.2, 0) is 9.59 Å². The molecule has 1 aliphatic heterocycles. The van der Waals surface area contributed by atoms with Gasteiger partial charge in [0.1, 0.15) is 0 Å². The number of hydrogen-bond donors (Lipinski definition) is 2. The van der Waals surface area contributed by atoms with Crippen LogP contribution in [0.15, 0.2) is 41.0 Å². The van der Waals surface area contributed by atoms with Crippen LogP contribution in [0.4, 0.5) is 11.4 Å². The van der Waals surface area contributed by atoms with E-state index in [1.807, 2.05) is 0 Å². The minimum absolute atomic E-state index is 0.0712. The van der Waals surface area contributed by atoms with Crippen molar-refractivity contribution in [2.45, 2.75) is 25.7 Å². The van der Waals surface area contributed by atoms with E-state index < -0.39 is 0 Å². The smallest absolute Gasteiger partial charge is 0.286 e. The van der Waals surface area contributed by atoms with E-state index in [2.05, 4.69) is 10.6 Å². The number of rotatable bonds is 7. The van der Waals surface area contributed by atoms with Crippen LogP contribution in [0.25, 0.3) is 0 Å². The van der Waals surface area contributed by atoms with E-state index in [4.69, 9.17) is 16.0 Å². The molecule has 0 saturated carbocycles. The quantitative estimate of drug-likeness (QED) is 0.711. The molecule has 0 bridgehead atoms. The maximum atomic E-state index is 12.2. The molecule has 142 valence electrons. The Balaban J connectivity index is 1.48. The highest BCUT2D eigenvalue weighted by atomic mass is 35.5. The topological polar surface area (TPSA) is 91.7 Å². The summed E-state index contributed by atoms with van der Waals surface area (Å²) in [4.78, 5) is 37.4. The lowest BCUT2D eigenvalue weighted by atomic mass is 10.2. The molecule has 3 rings (SSSR count). The number of hydrogen-bond acceptors (Lipinski definition) is 4. The fourth-order valence-corrected chi connectivity index (χ4v) is 3.02. The van der Waals surface area contributed by atoms with E-state index in [9.17, 15) is 14.4 Å². The first kappa shape index (κ1) is 19.0. The fraction of sp³-hybridized carbons (Fsp3) is 0.316. The Morgan fingerprint density at radius 3 is 2.81 bits per heavy atom. The number of benzene rings is 1. The standard InChI is InChI=1S/C19H20ClN3O4/c20-14-8-7-13(23-10-2-6-18(23)25)12-15(14)22-17(24)5-1-9-21-19(26)16-4-3-11-27-16/h3-4,7-8,11-12H,1-2,5-6,9-10H2,(H,21,26)(H,22,24). The number of carbonyl (C=O) groups is 3. The van der Waals surface area contributed by atoms with E-state index in [0.29, 0.717) is 36.6 Å². The van der Waals surface area contributed by atoms with Gasteiger partial charge in [0.2, 0.25) is 11.8 Å². The Kier molecular flexibility index (Phi) is 6.13. The summed E-state index contributed by atoms with van der Waals surface area (Å²) in [5, 5.41) is 5.86. The van der Waals surface area contributed by atoms with Gasteiger partial charge in [0.15, 0.2) is 5.76 Å². The van der Waals surface area contributed by atoms with Crippen LogP contribution in [0.5, 0.6) is 0 Å². The van der Waals surface area contributed by atoms with Crippen molar-refractivity contribution in [3.05, 3.63) is 47.4 Å². The van der Waals surface area contributed by atoms with Gasteiger partial charge >= 0.3 is 0 Å². The molecule has 0 unspecified atom stereocenters. The molecule has 1 fully saturated rings. The second kappa shape index (κ2) is 8.73. The van der Waals surface area contributed by atoms with Crippen LogP contribution in [-0.4, -0.2) is 30.8 Å². The molecule has 0 spiro atoms. The Morgan fingerprint density at radius 1 is 1.26 bits per heavy atom. The zero-order chi connectivity index (χ0) is 19.2. The number of carbonyl (C=O) groups excluding carboxylic acids is 3. The highest BCUT2D eigenvalue weighted by molar-refractivity contribution is 6.33. The zero-order valence-electron chi connectivity index (χ0n) is 14.7. The van der Waals surface area contributed by atoms with Crippen LogP contribution in [0.3, 0.4) is 0 Å². The predicted molar refractivity (Wildman–Crippen MR) is 102 cm³/mol. The van der Waals surface area contributed by atoms with Gasteiger partial charge in [-0.05, 0) is 43.2 Å². The number of furan rings is 1. The van der Waals surface area contributed by atoms with Crippen molar-refractivity contribution < 1.29 is 18.8 Å². The molecule has 0 radical (unpaired) electrons. The van der Waals surface area contributed by atoms with E-state index >= 15 is 0 Å². The van der Waals surface area contributed by atoms with Crippen LogP contribution in [0, 0.1) is 0 Å². The summed E-state index contributed by atoms with van der Waals surface area (Å²) >= 11 is 6.16. The zero-order valence-corrected chi connectivity index (χ0v) is 15.4. The van der Waals surface area contributed by atoms with Crippen molar-refractivity contribution in [2.75, 3.05) is 23.3 Å². The summed E-state index contributed by atoms with van der Waals surface area (Å²) in [6.45, 7) is 1.02. The van der Waals surface area contributed by atoms with Crippen LogP contribution >= 0.6 is 11.6 Å². The Morgan fingerprint density at radius 2 is 2.11 bits per heavy atom. The molecule has 1 aromatic carbocycles. The van der Waals surface area contributed by atoms with Gasteiger partial charge in [-0.15, -0.1) is 0 Å². The second-order valence-corrected chi connectivity index (χ2v) is 6.61. The highest BCUT2D eigenvalue weighted by Gasteiger charge is 2.22. The van der Waals surface area contributed by atoms with Gasteiger partial charge in [0.05, 0.1) is 17.0 Å². The third-order valence-electron chi connectivity index (χ3n) is 4.22. The van der Waals surface area contributed by atoms with Crippen molar-refractivity contribution in [3.8, 4) is 0 Å². The number of amides is 3. The fourth-order valence-electron chi connectivity index (χ4n) is 2.86. The molecule has 27 heavy (non-hydrogen) atoms. The summed E-state index contributed by atoms with van der Waals surface area (Å²) in [6, 6.07) is 8.35. The number of anilines is 2. The van der Waals surface area contributed by atoms with Gasteiger partial charge < -0.3 is 20.0 Å². The van der Waals surface area contributed by atoms with Gasteiger partial charge in [0, 0.05) is 31.6 Å². The van der Waals surface area contributed by atoms with E-state index in [-0.39, 0.29) is 29.9 Å². The van der Waals surface area contributed by atoms with Crippen molar-refractivity contribution in [1.29, 1.82) is 0 Å². The first-order valence-electron chi connectivity index (χ1n) is 8.76. The van der Waals surface area contributed by atoms with Crippen LogP contribution < -0.4 is 15.5 Å². The van der Waals surface area contributed by atoms with Crippen LogP contribution in [0.2, 0.25) is 5.02 Å². The van der Waals surface area contributed by atoms with Crippen molar-refractivity contribution in [1.82, 2.24) is 5.32 Å². The van der Waals surface area contributed by atoms with E-state index in [1.165, 1.54) is 6.26 Å². The lowest BCUT2D eigenvalue weighted by Crippen LogP contribution is -2.25. The molecule has 0 aliphatic carbocycles. The van der Waals surface area contributed by atoms with Gasteiger partial charge in [-0.1, -0.05) is 11.6 Å². The number of nitrogens with one attached hydrogen (secondary N) is 2. The molecule has 3 amide bonds. The number of nitrogens with zero attached hydrogens (tertiary/aromatic N) is 1. The lowest BCUT2D eigenvalue weighted by Gasteiger charge is -2.17. The first-order valence-corrected chi connectivity index (χ1v) is 9.14. The second-order valence-electron chi connectivity index (χ2n) is 6.20. The van der Waals surface area contributed by atoms with E-state index in [0.717, 1.165) is 12.1 Å². The minimum atomic E-state index is -0.313. The molecule has 1 aliphatic rings. The average Bonchev–Trinajstić information content (AvgIpc) is 3.32. The normalized spacial score (nSPS) is 13.7. The molecular weight excluding hydrogens is 370 g/mol. The van der Waals surface area contributed by atoms with Crippen molar-refractivity contribution in [2.24, 2.45) is 0 Å².